The molecule has 1 heterocycles. The summed E-state index contributed by atoms with van der Waals surface area (Å²) in [6, 6.07) is 15.4. The minimum atomic E-state index is -4.48. The quantitative estimate of drug-likeness (QED) is 0.390. The van der Waals surface area contributed by atoms with Crippen molar-refractivity contribution in [2.24, 2.45) is 0 Å². The largest absolute Gasteiger partial charge is 0.496 e. The van der Waals surface area contributed by atoms with Gasteiger partial charge in [0.1, 0.15) is 11.6 Å². The third kappa shape index (κ3) is 5.01. The van der Waals surface area contributed by atoms with Crippen molar-refractivity contribution >= 4 is 16.8 Å². The first-order chi connectivity index (χ1) is 17.1. The summed E-state index contributed by atoms with van der Waals surface area (Å²) in [5.74, 6) is 0.712. The van der Waals surface area contributed by atoms with Crippen LogP contribution in [0.2, 0.25) is 0 Å². The average Bonchev–Trinajstić information content (AvgIpc) is 2.86. The number of alkyl halides is 3. The summed E-state index contributed by atoms with van der Waals surface area (Å²) in [7, 11) is 3.13. The molecule has 4 aromatic rings. The summed E-state index contributed by atoms with van der Waals surface area (Å²) in [6.45, 7) is 1.77. The summed E-state index contributed by atoms with van der Waals surface area (Å²) in [5, 5.41) is 9.64. The number of benzene rings is 3. The van der Waals surface area contributed by atoms with Gasteiger partial charge in [-0.3, -0.25) is 4.79 Å². The minimum Gasteiger partial charge on any atom is -0.496 e. The van der Waals surface area contributed by atoms with E-state index in [2.05, 4.69) is 9.97 Å². The molecule has 0 atom stereocenters. The monoisotopic (exact) mass is 495 g/mol. The topological polar surface area (TPSA) is 75.6 Å². The van der Waals surface area contributed by atoms with E-state index in [-0.39, 0.29) is 19.1 Å². The maximum absolute atomic E-state index is 13.4. The Labute approximate surface area is 206 Å². The molecule has 0 aliphatic rings. The van der Waals surface area contributed by atoms with Gasteiger partial charge < -0.3 is 14.7 Å². The molecular weight excluding hydrogens is 471 g/mol. The second-order valence-electron chi connectivity index (χ2n) is 8.30. The lowest BCUT2D eigenvalue weighted by atomic mass is 9.97. The number of fused-ring (bicyclic) bond motifs is 1. The van der Waals surface area contributed by atoms with E-state index in [1.165, 1.54) is 18.1 Å². The number of aryl methyl sites for hydroxylation is 1. The van der Waals surface area contributed by atoms with Gasteiger partial charge in [-0.15, -0.1) is 0 Å². The fourth-order valence-corrected chi connectivity index (χ4v) is 3.99. The Kier molecular flexibility index (Phi) is 6.94. The van der Waals surface area contributed by atoms with E-state index in [0.29, 0.717) is 44.9 Å². The predicted molar refractivity (Wildman–Crippen MR) is 131 cm³/mol. The number of rotatable bonds is 6. The molecule has 1 amide bonds. The molecule has 0 saturated carbocycles. The van der Waals surface area contributed by atoms with Gasteiger partial charge in [-0.25, -0.2) is 9.97 Å². The van der Waals surface area contributed by atoms with Crippen LogP contribution in [-0.4, -0.2) is 53.2 Å². The SMILES string of the molecule is COc1cc2nc(C)nc(-c3cccc(C(F)(F)F)c3)c2cc1-c1ccc(C(=O)N(C)CCO)cc1. The third-order valence-corrected chi connectivity index (χ3v) is 5.82. The van der Waals surface area contributed by atoms with Crippen LogP contribution in [0.4, 0.5) is 13.2 Å². The number of likely N-dealkylation sites (N-methyl/N-ethyl adjacent to an activating group) is 1. The highest BCUT2D eigenvalue weighted by atomic mass is 19.4. The zero-order valence-electron chi connectivity index (χ0n) is 19.9. The highest BCUT2D eigenvalue weighted by Crippen LogP contribution is 2.38. The Hall–Kier alpha value is -3.98. The Morgan fingerprint density at radius 2 is 1.75 bits per heavy atom. The number of ether oxygens (including phenoxy) is 1. The van der Waals surface area contributed by atoms with Gasteiger partial charge >= 0.3 is 6.18 Å². The molecule has 0 spiro atoms. The maximum atomic E-state index is 13.4. The average molecular weight is 496 g/mol. The first-order valence-electron chi connectivity index (χ1n) is 11.1. The van der Waals surface area contributed by atoms with Crippen LogP contribution in [0, 0.1) is 6.92 Å². The maximum Gasteiger partial charge on any atom is 0.416 e. The molecule has 36 heavy (non-hydrogen) atoms. The third-order valence-electron chi connectivity index (χ3n) is 5.82. The summed E-state index contributed by atoms with van der Waals surface area (Å²) >= 11 is 0. The number of methoxy groups -OCH3 is 1. The van der Waals surface area contributed by atoms with Crippen LogP contribution in [0.3, 0.4) is 0 Å². The lowest BCUT2D eigenvalue weighted by molar-refractivity contribution is -0.137. The van der Waals surface area contributed by atoms with Crippen LogP contribution < -0.4 is 4.74 Å². The molecule has 0 unspecified atom stereocenters. The Bertz CT molecular complexity index is 1420. The predicted octanol–water partition coefficient (Wildman–Crippen LogP) is 5.36. The molecule has 9 heteroatoms. The molecule has 186 valence electrons. The first-order valence-corrected chi connectivity index (χ1v) is 11.1. The van der Waals surface area contributed by atoms with Gasteiger partial charge in [0, 0.05) is 41.7 Å². The lowest BCUT2D eigenvalue weighted by Gasteiger charge is -2.16. The normalized spacial score (nSPS) is 11.5. The highest BCUT2D eigenvalue weighted by Gasteiger charge is 2.30. The van der Waals surface area contributed by atoms with Gasteiger partial charge in [0.05, 0.1) is 30.5 Å². The van der Waals surface area contributed by atoms with Crippen molar-refractivity contribution in [3.8, 4) is 28.1 Å². The number of carbonyl (C=O) groups excluding carboxylic acids is 1. The molecule has 1 aromatic heterocycles. The van der Waals surface area contributed by atoms with Gasteiger partial charge in [0.25, 0.3) is 5.91 Å². The Balaban J connectivity index is 1.85. The standard InChI is InChI=1S/C27H24F3N3O3/c1-16-31-23-15-24(36-3)21(17-7-9-18(10-8-17)26(35)33(2)11-12-34)14-22(23)25(32-16)19-5-4-6-20(13-19)27(28,29)30/h4-10,13-15,34H,11-12H2,1-3H3. The van der Waals surface area contributed by atoms with Crippen LogP contribution >= 0.6 is 0 Å². The number of halogens is 3. The number of hydrogen-bond donors (Lipinski definition) is 1. The second kappa shape index (κ2) is 9.94. The van der Waals surface area contributed by atoms with Gasteiger partial charge in [-0.05, 0) is 42.8 Å². The van der Waals surface area contributed by atoms with E-state index in [1.807, 2.05) is 0 Å². The van der Waals surface area contributed by atoms with E-state index in [4.69, 9.17) is 9.84 Å². The van der Waals surface area contributed by atoms with E-state index in [0.717, 1.165) is 17.7 Å². The van der Waals surface area contributed by atoms with Gasteiger partial charge in [0.15, 0.2) is 0 Å². The molecule has 0 fully saturated rings. The summed E-state index contributed by atoms with van der Waals surface area (Å²) < 4.78 is 45.7. The van der Waals surface area contributed by atoms with Crippen molar-refractivity contribution in [2.75, 3.05) is 27.3 Å². The zero-order valence-corrected chi connectivity index (χ0v) is 19.9. The molecule has 0 radical (unpaired) electrons. The fraction of sp³-hybridized carbons (Fsp3) is 0.222. The first kappa shape index (κ1) is 25.1. The zero-order chi connectivity index (χ0) is 26.0. The van der Waals surface area contributed by atoms with Crippen LogP contribution in [0.5, 0.6) is 5.75 Å². The number of aromatic nitrogens is 2. The van der Waals surface area contributed by atoms with E-state index in [9.17, 15) is 18.0 Å². The van der Waals surface area contributed by atoms with Crippen LogP contribution in [0.15, 0.2) is 60.7 Å². The number of aliphatic hydroxyl groups excluding tert-OH is 1. The van der Waals surface area contributed by atoms with Crippen LogP contribution in [-0.2, 0) is 6.18 Å². The minimum absolute atomic E-state index is 0.135. The van der Waals surface area contributed by atoms with Crippen molar-refractivity contribution in [2.45, 2.75) is 13.1 Å². The highest BCUT2D eigenvalue weighted by molar-refractivity contribution is 5.98. The Morgan fingerprint density at radius 1 is 1.03 bits per heavy atom. The summed E-state index contributed by atoms with van der Waals surface area (Å²) in [6.07, 6.45) is -4.48. The number of hydrogen-bond acceptors (Lipinski definition) is 5. The van der Waals surface area contributed by atoms with Gasteiger partial charge in [-0.2, -0.15) is 13.2 Å². The summed E-state index contributed by atoms with van der Waals surface area (Å²) in [5.41, 5.74) is 2.35. The molecule has 0 bridgehead atoms. The number of amides is 1. The van der Waals surface area contributed by atoms with Crippen molar-refractivity contribution in [1.29, 1.82) is 0 Å². The van der Waals surface area contributed by atoms with Crippen molar-refractivity contribution < 1.29 is 27.8 Å². The number of aliphatic hydroxyl groups is 1. The molecule has 4 rings (SSSR count). The van der Waals surface area contributed by atoms with Crippen LogP contribution in [0.1, 0.15) is 21.7 Å². The van der Waals surface area contributed by atoms with Gasteiger partial charge in [-0.1, -0.05) is 24.3 Å². The molecular formula is C27H24F3N3O3. The Morgan fingerprint density at radius 3 is 2.39 bits per heavy atom. The number of carbonyl (C=O) groups is 1. The van der Waals surface area contributed by atoms with Crippen molar-refractivity contribution in [3.63, 3.8) is 0 Å². The number of nitrogens with zero attached hydrogens (tertiary/aromatic N) is 3. The van der Waals surface area contributed by atoms with E-state index < -0.39 is 11.7 Å². The molecule has 6 nitrogen and oxygen atoms in total. The molecule has 0 aliphatic carbocycles. The van der Waals surface area contributed by atoms with E-state index >= 15 is 0 Å². The smallest absolute Gasteiger partial charge is 0.416 e. The fourth-order valence-electron chi connectivity index (χ4n) is 3.99. The molecule has 1 N–H and O–H groups in total. The van der Waals surface area contributed by atoms with Crippen molar-refractivity contribution in [1.82, 2.24) is 14.9 Å². The molecule has 0 aliphatic heterocycles. The van der Waals surface area contributed by atoms with E-state index in [1.54, 1.807) is 56.4 Å². The second-order valence-corrected chi connectivity index (χ2v) is 8.30. The van der Waals surface area contributed by atoms with Gasteiger partial charge in [0.2, 0.25) is 0 Å². The molecule has 0 saturated heterocycles. The summed E-state index contributed by atoms with van der Waals surface area (Å²) in [4.78, 5) is 22.9. The lowest BCUT2D eigenvalue weighted by Crippen LogP contribution is -2.29. The van der Waals surface area contributed by atoms with Crippen LogP contribution in [0.25, 0.3) is 33.3 Å². The van der Waals surface area contributed by atoms with Crippen molar-refractivity contribution in [3.05, 3.63) is 77.6 Å². The molecule has 3 aromatic carbocycles.